The van der Waals surface area contributed by atoms with E-state index in [9.17, 15) is 24.9 Å². The van der Waals surface area contributed by atoms with Gasteiger partial charge in [-0.05, 0) is 106 Å². The van der Waals surface area contributed by atoms with Crippen LogP contribution in [0.5, 0.6) is 0 Å². The van der Waals surface area contributed by atoms with Gasteiger partial charge in [-0.25, -0.2) is 0 Å². The fourth-order valence-corrected chi connectivity index (χ4v) is 10.9. The molecule has 8 heteroatoms. The van der Waals surface area contributed by atoms with Gasteiger partial charge in [0.2, 0.25) is 6.29 Å². The second-order valence-corrected chi connectivity index (χ2v) is 16.5. The number of carbonyl (C=O) groups excluding carboxylic acids is 2. The first-order valence-corrected chi connectivity index (χ1v) is 17.4. The van der Waals surface area contributed by atoms with Crippen LogP contribution >= 0.6 is 0 Å². The van der Waals surface area contributed by atoms with E-state index < -0.39 is 24.6 Å². The number of rotatable bonds is 7. The summed E-state index contributed by atoms with van der Waals surface area (Å²) in [4.78, 5) is 26.0. The Morgan fingerprint density at radius 3 is 2.29 bits per heavy atom. The van der Waals surface area contributed by atoms with Crippen molar-refractivity contribution in [3.05, 3.63) is 22.8 Å². The molecule has 4 aliphatic carbocycles. The first-order valence-electron chi connectivity index (χ1n) is 17.4. The predicted octanol–water partition coefficient (Wildman–Crippen LogP) is 6.01. The first-order chi connectivity index (χ1) is 21.0. The molecule has 3 N–H and O–H groups in total. The van der Waals surface area contributed by atoms with Crippen LogP contribution in [0.4, 0.5) is 0 Å². The average molecular weight is 631 g/mol. The van der Waals surface area contributed by atoms with Crippen molar-refractivity contribution < 1.29 is 39.1 Å². The van der Waals surface area contributed by atoms with Crippen molar-refractivity contribution in [2.75, 3.05) is 6.61 Å². The number of hydrogen-bond donors (Lipinski definition) is 3. The first kappa shape index (κ1) is 34.6. The monoisotopic (exact) mass is 630 g/mol. The summed E-state index contributed by atoms with van der Waals surface area (Å²) in [6.07, 6.45) is 6.05. The number of allylic oxidation sites excluding steroid dienone is 4. The average Bonchev–Trinajstić information content (AvgIpc) is 3.23. The van der Waals surface area contributed by atoms with Crippen molar-refractivity contribution in [2.24, 2.45) is 39.4 Å². The van der Waals surface area contributed by atoms with Gasteiger partial charge in [-0.15, -0.1) is 0 Å². The second kappa shape index (κ2) is 12.4. The SMILES string of the molecule is CC(=O)O[C@@H]1CC[C@]2(C)C3=C(CC[C@H]2C1(C)C)[C@]1(C)CC[C@H]([C@@H](CCC=C(C)C)C(=O)O[C@@H]2OC[C@@H](O)[C@H](O)[C@@H]2O)[C@@]1(C)CC3. The van der Waals surface area contributed by atoms with Gasteiger partial charge in [0, 0.05) is 12.3 Å². The van der Waals surface area contributed by atoms with Crippen molar-refractivity contribution in [1.82, 2.24) is 0 Å². The van der Waals surface area contributed by atoms with Crippen LogP contribution in [0, 0.1) is 39.4 Å². The summed E-state index contributed by atoms with van der Waals surface area (Å²) in [5.41, 5.74) is 4.27. The van der Waals surface area contributed by atoms with E-state index >= 15 is 0 Å². The van der Waals surface area contributed by atoms with Gasteiger partial charge in [0.25, 0.3) is 0 Å². The molecule has 0 amide bonds. The summed E-state index contributed by atoms with van der Waals surface area (Å²) in [6, 6.07) is 0. The molecule has 5 rings (SSSR count). The number of hydrogen-bond acceptors (Lipinski definition) is 8. The Bertz CT molecular complexity index is 1220. The molecule has 1 saturated heterocycles. The summed E-state index contributed by atoms with van der Waals surface area (Å²) < 4.78 is 17.2. The van der Waals surface area contributed by atoms with Gasteiger partial charge in [0.1, 0.15) is 24.4 Å². The largest absolute Gasteiger partial charge is 0.462 e. The highest BCUT2D eigenvalue weighted by atomic mass is 16.7. The summed E-state index contributed by atoms with van der Waals surface area (Å²) >= 11 is 0. The molecule has 0 spiro atoms. The molecule has 3 fully saturated rings. The molecule has 0 unspecified atom stereocenters. The van der Waals surface area contributed by atoms with Gasteiger partial charge in [-0.1, -0.05) is 57.4 Å². The zero-order chi connectivity index (χ0) is 33.1. The third-order valence-electron chi connectivity index (χ3n) is 13.6. The molecular weight excluding hydrogens is 572 g/mol. The molecule has 2 saturated carbocycles. The van der Waals surface area contributed by atoms with Gasteiger partial charge in [0.05, 0.1) is 12.5 Å². The molecule has 0 aromatic carbocycles. The maximum atomic E-state index is 14.0. The van der Waals surface area contributed by atoms with E-state index in [1.807, 2.05) is 0 Å². The zero-order valence-electron chi connectivity index (χ0n) is 28.9. The molecular formula is C37H58O8. The normalized spacial score (nSPS) is 43.0. The molecule has 45 heavy (non-hydrogen) atoms. The lowest BCUT2D eigenvalue weighted by atomic mass is 9.43. The smallest absolute Gasteiger partial charge is 0.311 e. The van der Waals surface area contributed by atoms with E-state index in [0.29, 0.717) is 12.3 Å². The molecule has 11 atom stereocenters. The number of carbonyl (C=O) groups is 2. The molecule has 254 valence electrons. The van der Waals surface area contributed by atoms with Gasteiger partial charge >= 0.3 is 11.9 Å². The Labute approximate surface area is 270 Å². The third-order valence-corrected chi connectivity index (χ3v) is 13.6. The van der Waals surface area contributed by atoms with Crippen molar-refractivity contribution in [2.45, 2.75) is 150 Å². The Hall–Kier alpha value is -1.74. The van der Waals surface area contributed by atoms with Gasteiger partial charge in [-0.3, -0.25) is 9.59 Å². The van der Waals surface area contributed by atoms with Crippen LogP contribution in [0.2, 0.25) is 0 Å². The molecule has 0 bridgehead atoms. The van der Waals surface area contributed by atoms with Gasteiger partial charge in [-0.2, -0.15) is 0 Å². The zero-order valence-corrected chi connectivity index (χ0v) is 28.9. The highest BCUT2D eigenvalue weighted by molar-refractivity contribution is 5.73. The lowest BCUT2D eigenvalue weighted by Gasteiger charge is -2.62. The van der Waals surface area contributed by atoms with Crippen molar-refractivity contribution in [3.63, 3.8) is 0 Å². The van der Waals surface area contributed by atoms with Crippen LogP contribution in [0.15, 0.2) is 22.8 Å². The number of aliphatic hydroxyl groups excluding tert-OH is 3. The minimum absolute atomic E-state index is 0.0354. The van der Waals surface area contributed by atoms with Crippen molar-refractivity contribution >= 4 is 11.9 Å². The number of aliphatic hydroxyl groups is 3. The van der Waals surface area contributed by atoms with E-state index in [0.717, 1.165) is 57.8 Å². The van der Waals surface area contributed by atoms with Crippen LogP contribution in [0.1, 0.15) is 120 Å². The molecule has 0 radical (unpaired) electrons. The highest BCUT2D eigenvalue weighted by Gasteiger charge is 2.64. The lowest BCUT2D eigenvalue weighted by Crippen LogP contribution is -2.56. The Morgan fingerprint density at radius 2 is 1.62 bits per heavy atom. The standard InChI is InChI=1S/C37H58O8/c1-21(2)10-9-11-23(32(42)45-33-31(41)30(40)27(39)20-43-33)24-14-18-37(8)26-12-13-28-34(4,5)29(44-22(3)38)16-17-35(28,6)25(26)15-19-36(24,37)7/h10,23-24,27-31,33,39-41H,9,11-20H2,1-8H3/t23-,24-,27-,28+,29-,30+,31+,33+,35-,36-,37+/m1/s1. The van der Waals surface area contributed by atoms with E-state index in [4.69, 9.17) is 14.2 Å². The van der Waals surface area contributed by atoms with Crippen LogP contribution in [0.25, 0.3) is 0 Å². The highest BCUT2D eigenvalue weighted by Crippen LogP contribution is 2.72. The van der Waals surface area contributed by atoms with E-state index in [-0.39, 0.29) is 58.1 Å². The summed E-state index contributed by atoms with van der Waals surface area (Å²) in [6.45, 7) is 17.4. The van der Waals surface area contributed by atoms with Crippen LogP contribution in [0.3, 0.4) is 0 Å². The Morgan fingerprint density at radius 1 is 0.911 bits per heavy atom. The number of fused-ring (bicyclic) bond motifs is 4. The number of ether oxygens (including phenoxy) is 3. The molecule has 5 aliphatic rings. The maximum absolute atomic E-state index is 14.0. The molecule has 8 nitrogen and oxygen atoms in total. The van der Waals surface area contributed by atoms with E-state index in [1.54, 1.807) is 11.1 Å². The topological polar surface area (TPSA) is 123 Å². The fourth-order valence-electron chi connectivity index (χ4n) is 10.9. The van der Waals surface area contributed by atoms with Gasteiger partial charge < -0.3 is 29.5 Å². The van der Waals surface area contributed by atoms with Crippen LogP contribution in [-0.2, 0) is 23.8 Å². The Balaban J connectivity index is 1.44. The Kier molecular flexibility index (Phi) is 9.51. The minimum Gasteiger partial charge on any atom is -0.462 e. The van der Waals surface area contributed by atoms with E-state index in [1.165, 1.54) is 12.5 Å². The number of esters is 2. The summed E-state index contributed by atoms with van der Waals surface area (Å²) in [5.74, 6) is -0.413. The van der Waals surface area contributed by atoms with Crippen molar-refractivity contribution in [1.29, 1.82) is 0 Å². The molecule has 0 aromatic rings. The lowest BCUT2D eigenvalue weighted by molar-refractivity contribution is -0.265. The summed E-state index contributed by atoms with van der Waals surface area (Å²) in [7, 11) is 0. The quantitative estimate of drug-likeness (QED) is 0.231. The fraction of sp³-hybridized carbons (Fsp3) is 0.838. The summed E-state index contributed by atoms with van der Waals surface area (Å²) in [5, 5.41) is 30.6. The maximum Gasteiger partial charge on any atom is 0.311 e. The second-order valence-electron chi connectivity index (χ2n) is 16.5. The minimum atomic E-state index is -1.50. The van der Waals surface area contributed by atoms with Crippen LogP contribution < -0.4 is 0 Å². The van der Waals surface area contributed by atoms with E-state index in [2.05, 4.69) is 54.5 Å². The van der Waals surface area contributed by atoms with Gasteiger partial charge in [0.15, 0.2) is 0 Å². The van der Waals surface area contributed by atoms with Crippen molar-refractivity contribution in [3.8, 4) is 0 Å². The molecule has 1 heterocycles. The molecule has 0 aromatic heterocycles. The van der Waals surface area contributed by atoms with Crippen LogP contribution in [-0.4, -0.2) is 64.6 Å². The molecule has 1 aliphatic heterocycles. The predicted molar refractivity (Wildman–Crippen MR) is 171 cm³/mol. The third kappa shape index (κ3) is 5.74.